The highest BCUT2D eigenvalue weighted by Crippen LogP contribution is 2.42. The summed E-state index contributed by atoms with van der Waals surface area (Å²) in [5.41, 5.74) is 0.0649. The Labute approximate surface area is 169 Å². The van der Waals surface area contributed by atoms with Crippen LogP contribution in [-0.4, -0.2) is 49.3 Å². The Hall–Kier alpha value is -1.59. The number of anilines is 1. The van der Waals surface area contributed by atoms with Crippen molar-refractivity contribution in [3.05, 3.63) is 24.3 Å². The fourth-order valence-corrected chi connectivity index (χ4v) is 3.86. The molecule has 1 aromatic rings. The van der Waals surface area contributed by atoms with Crippen LogP contribution in [0.5, 0.6) is 5.75 Å². The minimum atomic E-state index is -0.724. The first-order chi connectivity index (χ1) is 13.6. The largest absolute Gasteiger partial charge is 0.492 e. The van der Waals surface area contributed by atoms with Gasteiger partial charge in [-0.15, -0.1) is 0 Å². The topological polar surface area (TPSA) is 50.8 Å². The van der Waals surface area contributed by atoms with Crippen LogP contribution in [0.25, 0.3) is 0 Å². The molecular weight excluding hydrogens is 352 g/mol. The number of hydrogen-bond donors (Lipinski definition) is 1. The van der Waals surface area contributed by atoms with E-state index in [9.17, 15) is 4.79 Å². The maximum Gasteiger partial charge on any atom is 0.256 e. The zero-order valence-corrected chi connectivity index (χ0v) is 17.5. The normalized spacial score (nSPS) is 20.2. The quantitative estimate of drug-likeness (QED) is 0.642. The lowest BCUT2D eigenvalue weighted by molar-refractivity contribution is -0.142. The Balaban J connectivity index is 1.46. The predicted octanol–water partition coefficient (Wildman–Crippen LogP) is 4.48. The second kappa shape index (κ2) is 10.3. The van der Waals surface area contributed by atoms with Crippen molar-refractivity contribution in [3.63, 3.8) is 0 Å². The molecule has 156 valence electrons. The summed E-state index contributed by atoms with van der Waals surface area (Å²) in [7, 11) is 0. The summed E-state index contributed by atoms with van der Waals surface area (Å²) in [6, 6.07) is 7.68. The predicted molar refractivity (Wildman–Crippen MR) is 113 cm³/mol. The smallest absolute Gasteiger partial charge is 0.256 e. The molecule has 5 heteroatoms. The molecule has 0 spiro atoms. The third-order valence-corrected chi connectivity index (χ3v) is 5.90. The van der Waals surface area contributed by atoms with E-state index >= 15 is 0 Å². The van der Waals surface area contributed by atoms with Gasteiger partial charge in [0.05, 0.1) is 0 Å². The van der Waals surface area contributed by atoms with Crippen LogP contribution in [0.15, 0.2) is 24.3 Å². The number of nitrogens with zero attached hydrogens (tertiary/aromatic N) is 1. The standard InChI is InChI=1S/C23H36N2O3/c1-3-17-28-23(2,19-8-9-19)22(26)24-20-10-12-21(13-11-20)27-18-16-25-14-6-4-5-7-15-25/h10-13,19H,3-9,14-18H2,1-2H3,(H,24,26)/t23-/m0/s1. The molecule has 0 bridgehead atoms. The summed E-state index contributed by atoms with van der Waals surface area (Å²) >= 11 is 0. The average molecular weight is 389 g/mol. The summed E-state index contributed by atoms with van der Waals surface area (Å²) in [5, 5.41) is 3.03. The monoisotopic (exact) mass is 388 g/mol. The molecule has 1 saturated heterocycles. The number of benzene rings is 1. The van der Waals surface area contributed by atoms with Crippen molar-refractivity contribution >= 4 is 11.6 Å². The lowest BCUT2D eigenvalue weighted by Crippen LogP contribution is -2.45. The summed E-state index contributed by atoms with van der Waals surface area (Å²) in [6.07, 6.45) is 8.36. The van der Waals surface area contributed by atoms with Gasteiger partial charge in [0, 0.05) is 18.8 Å². The minimum Gasteiger partial charge on any atom is -0.492 e. The van der Waals surface area contributed by atoms with E-state index in [1.165, 1.54) is 38.8 Å². The molecule has 3 rings (SSSR count). The number of ether oxygens (including phenoxy) is 2. The third kappa shape index (κ3) is 5.95. The molecule has 1 aliphatic heterocycles. The van der Waals surface area contributed by atoms with Gasteiger partial charge in [-0.25, -0.2) is 0 Å². The van der Waals surface area contributed by atoms with Gasteiger partial charge in [-0.1, -0.05) is 19.8 Å². The van der Waals surface area contributed by atoms with Gasteiger partial charge in [-0.2, -0.15) is 0 Å². The first-order valence-corrected chi connectivity index (χ1v) is 11.0. The molecule has 0 aromatic heterocycles. The molecule has 1 amide bonds. The molecule has 28 heavy (non-hydrogen) atoms. The van der Waals surface area contributed by atoms with E-state index in [0.29, 0.717) is 19.1 Å². The lowest BCUT2D eigenvalue weighted by Gasteiger charge is -2.28. The van der Waals surface area contributed by atoms with Crippen LogP contribution in [0.2, 0.25) is 0 Å². The number of carbonyl (C=O) groups is 1. The molecule has 1 N–H and O–H groups in total. The van der Waals surface area contributed by atoms with E-state index in [1.807, 2.05) is 31.2 Å². The number of hydrogen-bond acceptors (Lipinski definition) is 4. The molecule has 2 fully saturated rings. The van der Waals surface area contributed by atoms with Crippen LogP contribution in [0, 0.1) is 5.92 Å². The molecule has 2 aliphatic rings. The molecule has 1 aliphatic carbocycles. The van der Waals surface area contributed by atoms with Crippen LogP contribution < -0.4 is 10.1 Å². The van der Waals surface area contributed by atoms with Gasteiger partial charge in [0.25, 0.3) is 5.91 Å². The first-order valence-electron chi connectivity index (χ1n) is 11.0. The highest BCUT2D eigenvalue weighted by Gasteiger charge is 2.48. The molecular formula is C23H36N2O3. The molecule has 0 radical (unpaired) electrons. The van der Waals surface area contributed by atoms with E-state index in [4.69, 9.17) is 9.47 Å². The molecule has 1 saturated carbocycles. The van der Waals surface area contributed by atoms with E-state index in [1.54, 1.807) is 0 Å². The second-order valence-electron chi connectivity index (χ2n) is 8.31. The first kappa shape index (κ1) is 21.1. The number of carbonyl (C=O) groups excluding carboxylic acids is 1. The van der Waals surface area contributed by atoms with Gasteiger partial charge in [0.2, 0.25) is 0 Å². The number of nitrogens with one attached hydrogen (secondary N) is 1. The minimum absolute atomic E-state index is 0.0433. The zero-order chi connectivity index (χ0) is 19.8. The highest BCUT2D eigenvalue weighted by atomic mass is 16.5. The van der Waals surface area contributed by atoms with Crippen molar-refractivity contribution in [3.8, 4) is 5.75 Å². The van der Waals surface area contributed by atoms with Crippen LogP contribution in [0.3, 0.4) is 0 Å². The number of rotatable bonds is 10. The molecule has 5 nitrogen and oxygen atoms in total. The van der Waals surface area contributed by atoms with Gasteiger partial charge in [-0.3, -0.25) is 9.69 Å². The third-order valence-electron chi connectivity index (χ3n) is 5.90. The summed E-state index contributed by atoms with van der Waals surface area (Å²) in [6.45, 7) is 8.67. The van der Waals surface area contributed by atoms with E-state index < -0.39 is 5.60 Å². The van der Waals surface area contributed by atoms with Gasteiger partial charge in [-0.05, 0) is 82.3 Å². The molecule has 0 unspecified atom stereocenters. The van der Waals surface area contributed by atoms with Crippen molar-refractivity contribution in [2.75, 3.05) is 38.2 Å². The van der Waals surface area contributed by atoms with E-state index in [-0.39, 0.29) is 5.91 Å². The Morgan fingerprint density at radius 3 is 2.39 bits per heavy atom. The fraction of sp³-hybridized carbons (Fsp3) is 0.696. The van der Waals surface area contributed by atoms with Crippen molar-refractivity contribution in [2.24, 2.45) is 5.92 Å². The fourth-order valence-electron chi connectivity index (χ4n) is 3.86. The van der Waals surface area contributed by atoms with Crippen LogP contribution >= 0.6 is 0 Å². The van der Waals surface area contributed by atoms with Crippen LogP contribution in [-0.2, 0) is 9.53 Å². The number of amides is 1. The Morgan fingerprint density at radius 2 is 1.79 bits per heavy atom. The van der Waals surface area contributed by atoms with Crippen molar-refractivity contribution in [2.45, 2.75) is 64.4 Å². The van der Waals surface area contributed by atoms with Gasteiger partial charge in [0.15, 0.2) is 0 Å². The van der Waals surface area contributed by atoms with Gasteiger partial charge in [0.1, 0.15) is 18.0 Å². The van der Waals surface area contributed by atoms with Crippen LogP contribution in [0.1, 0.15) is 58.8 Å². The average Bonchev–Trinajstić information content (AvgIpc) is 3.55. The van der Waals surface area contributed by atoms with E-state index in [0.717, 1.165) is 37.2 Å². The van der Waals surface area contributed by atoms with Crippen molar-refractivity contribution in [1.29, 1.82) is 0 Å². The maximum absolute atomic E-state index is 12.8. The Bertz CT molecular complexity index is 607. The lowest BCUT2D eigenvalue weighted by atomic mass is 9.98. The SMILES string of the molecule is CCCO[C@](C)(C(=O)Nc1ccc(OCCN2CCCCCC2)cc1)C1CC1. The Kier molecular flexibility index (Phi) is 7.74. The van der Waals surface area contributed by atoms with E-state index in [2.05, 4.69) is 17.1 Å². The molecule has 1 heterocycles. The summed E-state index contributed by atoms with van der Waals surface area (Å²) in [4.78, 5) is 15.3. The number of likely N-dealkylation sites (tertiary alicyclic amines) is 1. The zero-order valence-electron chi connectivity index (χ0n) is 17.5. The Morgan fingerprint density at radius 1 is 1.11 bits per heavy atom. The summed E-state index contributed by atoms with van der Waals surface area (Å²) < 4.78 is 11.8. The van der Waals surface area contributed by atoms with Crippen molar-refractivity contribution in [1.82, 2.24) is 4.90 Å². The second-order valence-corrected chi connectivity index (χ2v) is 8.31. The van der Waals surface area contributed by atoms with Gasteiger partial charge < -0.3 is 14.8 Å². The molecule has 1 aromatic carbocycles. The maximum atomic E-state index is 12.8. The molecule has 1 atom stereocenters. The van der Waals surface area contributed by atoms with Gasteiger partial charge >= 0.3 is 0 Å². The van der Waals surface area contributed by atoms with Crippen molar-refractivity contribution < 1.29 is 14.3 Å². The summed E-state index contributed by atoms with van der Waals surface area (Å²) in [5.74, 6) is 1.14. The highest BCUT2D eigenvalue weighted by molar-refractivity contribution is 5.97. The van der Waals surface area contributed by atoms with Crippen LogP contribution in [0.4, 0.5) is 5.69 Å².